The van der Waals surface area contributed by atoms with Crippen LogP contribution in [0.3, 0.4) is 0 Å². The number of dihydropyridines is 1. The Hall–Kier alpha value is -3.26. The Morgan fingerprint density at radius 3 is 2.56 bits per heavy atom. The number of ketones is 1. The van der Waals surface area contributed by atoms with Gasteiger partial charge in [0.2, 0.25) is 0 Å². The Bertz CT molecular complexity index is 1200. The maximum absolute atomic E-state index is 13.4. The fourth-order valence-electron chi connectivity index (χ4n) is 4.45. The number of Topliss-reactive ketones (excluding diaryl/α,β-unsaturated/α-hetero) is 1. The number of phenols is 1. The molecule has 0 unspecified atom stereocenters. The normalized spacial score (nSPS) is 17.8. The predicted octanol–water partition coefficient (Wildman–Crippen LogP) is 4.88. The van der Waals surface area contributed by atoms with Gasteiger partial charge < -0.3 is 24.6 Å². The molecule has 2 N–H and O–H groups in total. The number of carbonyl (C=O) groups excluding carboxylic acids is 2. The van der Waals surface area contributed by atoms with Crippen LogP contribution in [0.15, 0.2) is 63.4 Å². The van der Waals surface area contributed by atoms with E-state index in [-0.39, 0.29) is 23.9 Å². The van der Waals surface area contributed by atoms with Gasteiger partial charge in [-0.25, -0.2) is 4.79 Å². The van der Waals surface area contributed by atoms with Crippen LogP contribution in [0, 0.1) is 0 Å². The van der Waals surface area contributed by atoms with Gasteiger partial charge in [0.25, 0.3) is 0 Å². The van der Waals surface area contributed by atoms with Crippen molar-refractivity contribution in [2.24, 2.45) is 0 Å². The Labute approximate surface area is 206 Å². The number of benzene rings is 2. The average Bonchev–Trinajstić information content (AvgIpc) is 2.83. The van der Waals surface area contributed by atoms with E-state index in [4.69, 9.17) is 14.2 Å². The summed E-state index contributed by atoms with van der Waals surface area (Å²) in [6.07, 6.45) is 1.89. The molecular weight excluding hydrogens is 502 g/mol. The summed E-state index contributed by atoms with van der Waals surface area (Å²) in [5, 5.41) is 13.6. The van der Waals surface area contributed by atoms with Gasteiger partial charge in [-0.05, 0) is 71.1 Å². The maximum atomic E-state index is 13.4. The molecule has 0 aromatic heterocycles. The smallest absolute Gasteiger partial charge is 0.337 e. The Balaban J connectivity index is 1.72. The first-order valence-electron chi connectivity index (χ1n) is 10.9. The van der Waals surface area contributed by atoms with E-state index in [9.17, 15) is 14.7 Å². The van der Waals surface area contributed by atoms with Crippen molar-refractivity contribution < 1.29 is 28.9 Å². The zero-order valence-corrected chi connectivity index (χ0v) is 20.8. The Morgan fingerprint density at radius 1 is 1.15 bits per heavy atom. The van der Waals surface area contributed by atoms with Crippen LogP contribution in [0.1, 0.15) is 43.2 Å². The second-order valence-corrected chi connectivity index (χ2v) is 9.10. The molecule has 0 saturated carbocycles. The minimum Gasteiger partial charge on any atom is -0.503 e. The number of rotatable bonds is 6. The van der Waals surface area contributed by atoms with Gasteiger partial charge in [0.05, 0.1) is 24.3 Å². The number of halogens is 1. The number of carbonyl (C=O) groups is 2. The van der Waals surface area contributed by atoms with Crippen LogP contribution in [0.5, 0.6) is 17.2 Å². The first-order chi connectivity index (χ1) is 16.3. The highest BCUT2D eigenvalue weighted by Crippen LogP contribution is 2.46. The first kappa shape index (κ1) is 23.9. The lowest BCUT2D eigenvalue weighted by molar-refractivity contribution is -0.140. The van der Waals surface area contributed by atoms with Crippen LogP contribution >= 0.6 is 15.9 Å². The van der Waals surface area contributed by atoms with Gasteiger partial charge in [-0.3, -0.25) is 4.79 Å². The van der Waals surface area contributed by atoms with E-state index < -0.39 is 11.9 Å². The molecule has 4 rings (SSSR count). The van der Waals surface area contributed by atoms with Crippen LogP contribution in [-0.4, -0.2) is 31.1 Å². The van der Waals surface area contributed by atoms with Gasteiger partial charge in [0.1, 0.15) is 12.4 Å². The van der Waals surface area contributed by atoms with E-state index in [1.807, 2.05) is 19.1 Å². The van der Waals surface area contributed by atoms with E-state index in [0.29, 0.717) is 39.0 Å². The fraction of sp³-hybridized carbons (Fsp3) is 0.308. The van der Waals surface area contributed by atoms with Crippen molar-refractivity contribution in [2.75, 3.05) is 14.2 Å². The first-order valence-corrected chi connectivity index (χ1v) is 11.7. The Kier molecular flexibility index (Phi) is 6.97. The molecule has 0 radical (unpaired) electrons. The lowest BCUT2D eigenvalue weighted by Gasteiger charge is -2.34. The molecule has 0 fully saturated rings. The van der Waals surface area contributed by atoms with Gasteiger partial charge in [-0.2, -0.15) is 0 Å². The molecule has 1 atom stereocenters. The van der Waals surface area contributed by atoms with Crippen LogP contribution in [0.4, 0.5) is 0 Å². The predicted molar refractivity (Wildman–Crippen MR) is 130 cm³/mol. The molecular formula is C26H26BrNO6. The Morgan fingerprint density at radius 2 is 1.88 bits per heavy atom. The van der Waals surface area contributed by atoms with Crippen molar-refractivity contribution in [1.82, 2.24) is 5.32 Å². The fourth-order valence-corrected chi connectivity index (χ4v) is 4.91. The van der Waals surface area contributed by atoms with Crippen molar-refractivity contribution in [3.8, 4) is 17.2 Å². The molecule has 2 aliphatic rings. The standard InChI is InChI=1S/C26H26BrNO6/c1-14-22(26(31)34-13-15-7-9-17(32-2)10-8-15)23(24-19(28-14)5-4-6-20(24)29)16-11-18(27)25(30)21(12-16)33-3/h7-12,23,28,30H,4-6,13H2,1-3H3/t23-/m0/s1. The molecule has 0 bridgehead atoms. The summed E-state index contributed by atoms with van der Waals surface area (Å²) in [6, 6.07) is 10.6. The van der Waals surface area contributed by atoms with Crippen LogP contribution in [-0.2, 0) is 20.9 Å². The number of phenolic OH excluding ortho intramolecular Hbond substituents is 1. The minimum atomic E-state index is -0.641. The molecule has 2 aromatic rings. The van der Waals surface area contributed by atoms with Gasteiger partial charge in [0, 0.05) is 29.3 Å². The third-order valence-electron chi connectivity index (χ3n) is 6.13. The maximum Gasteiger partial charge on any atom is 0.337 e. The third kappa shape index (κ3) is 4.55. The number of hydrogen-bond donors (Lipinski definition) is 2. The van der Waals surface area contributed by atoms with Crippen LogP contribution in [0.25, 0.3) is 0 Å². The number of ether oxygens (including phenoxy) is 3. The van der Waals surface area contributed by atoms with Crippen LogP contribution in [0.2, 0.25) is 0 Å². The largest absolute Gasteiger partial charge is 0.503 e. The molecule has 1 aliphatic carbocycles. The summed E-state index contributed by atoms with van der Waals surface area (Å²) in [4.78, 5) is 26.5. The summed E-state index contributed by atoms with van der Waals surface area (Å²) in [5.41, 5.74) is 3.86. The number of esters is 1. The lowest BCUT2D eigenvalue weighted by Crippen LogP contribution is -2.34. The van der Waals surface area contributed by atoms with E-state index in [1.165, 1.54) is 7.11 Å². The second-order valence-electron chi connectivity index (χ2n) is 8.24. The number of hydrogen-bond acceptors (Lipinski definition) is 7. The van der Waals surface area contributed by atoms with E-state index in [2.05, 4.69) is 21.2 Å². The van der Waals surface area contributed by atoms with Crippen molar-refractivity contribution in [3.63, 3.8) is 0 Å². The number of aromatic hydroxyl groups is 1. The summed E-state index contributed by atoms with van der Waals surface area (Å²) in [5.74, 6) is -0.245. The zero-order valence-electron chi connectivity index (χ0n) is 19.2. The molecule has 8 heteroatoms. The number of methoxy groups -OCH3 is 2. The van der Waals surface area contributed by atoms with E-state index >= 15 is 0 Å². The SMILES string of the molecule is COc1ccc(COC(=O)C2=C(C)NC3=C(C(=O)CCC3)[C@H]2c2cc(Br)c(O)c(OC)c2)cc1. The monoisotopic (exact) mass is 527 g/mol. The highest BCUT2D eigenvalue weighted by molar-refractivity contribution is 9.10. The molecule has 1 heterocycles. The van der Waals surface area contributed by atoms with Gasteiger partial charge in [0.15, 0.2) is 17.3 Å². The molecule has 0 spiro atoms. The van der Waals surface area contributed by atoms with Gasteiger partial charge in [-0.1, -0.05) is 12.1 Å². The van der Waals surface area contributed by atoms with Gasteiger partial charge in [-0.15, -0.1) is 0 Å². The van der Waals surface area contributed by atoms with Crippen molar-refractivity contribution in [1.29, 1.82) is 0 Å². The second kappa shape index (κ2) is 9.93. The summed E-state index contributed by atoms with van der Waals surface area (Å²) < 4.78 is 16.6. The van der Waals surface area contributed by atoms with Gasteiger partial charge >= 0.3 is 5.97 Å². The number of allylic oxidation sites excluding steroid dienone is 3. The van der Waals surface area contributed by atoms with Crippen molar-refractivity contribution in [2.45, 2.75) is 38.7 Å². The summed E-state index contributed by atoms with van der Waals surface area (Å²) >= 11 is 3.36. The highest BCUT2D eigenvalue weighted by Gasteiger charge is 2.39. The molecule has 1 aliphatic heterocycles. The van der Waals surface area contributed by atoms with E-state index in [0.717, 1.165) is 24.1 Å². The molecule has 34 heavy (non-hydrogen) atoms. The molecule has 0 amide bonds. The average molecular weight is 528 g/mol. The van der Waals surface area contributed by atoms with E-state index in [1.54, 1.807) is 31.4 Å². The van der Waals surface area contributed by atoms with Crippen molar-refractivity contribution >= 4 is 27.7 Å². The topological polar surface area (TPSA) is 94.1 Å². The third-order valence-corrected chi connectivity index (χ3v) is 6.73. The molecule has 2 aromatic carbocycles. The highest BCUT2D eigenvalue weighted by atomic mass is 79.9. The zero-order chi connectivity index (χ0) is 24.4. The molecule has 178 valence electrons. The van der Waals surface area contributed by atoms with Crippen LogP contribution < -0.4 is 14.8 Å². The van der Waals surface area contributed by atoms with Crippen molar-refractivity contribution in [3.05, 3.63) is 74.5 Å². The summed E-state index contributed by atoms with van der Waals surface area (Å²) in [7, 11) is 3.04. The minimum absolute atomic E-state index is 0.00475. The molecule has 7 nitrogen and oxygen atoms in total. The lowest BCUT2D eigenvalue weighted by atomic mass is 9.75. The quantitative estimate of drug-likeness (QED) is 0.516. The summed E-state index contributed by atoms with van der Waals surface area (Å²) in [6.45, 7) is 1.89. The molecule has 0 saturated heterocycles. The number of nitrogens with one attached hydrogen (secondary N) is 1.